The summed E-state index contributed by atoms with van der Waals surface area (Å²) in [4.78, 5) is 13.9. The molecule has 2 aliphatic rings. The van der Waals surface area contributed by atoms with Crippen LogP contribution >= 0.6 is 0 Å². The van der Waals surface area contributed by atoms with Crippen LogP contribution < -0.4 is 11.5 Å². The zero-order valence-electron chi connectivity index (χ0n) is 11.0. The second-order valence-electron chi connectivity index (χ2n) is 6.21. The molecule has 1 aliphatic heterocycles. The van der Waals surface area contributed by atoms with Gasteiger partial charge in [-0.1, -0.05) is 13.8 Å². The average molecular weight is 239 g/mol. The smallest absolute Gasteiger partial charge is 0.239 e. The second-order valence-corrected chi connectivity index (χ2v) is 6.21. The molecule has 1 amide bonds. The van der Waals surface area contributed by atoms with Gasteiger partial charge in [0.15, 0.2) is 0 Å². The van der Waals surface area contributed by atoms with E-state index < -0.39 is 5.54 Å². The highest BCUT2D eigenvalue weighted by Gasteiger charge is 2.48. The standard InChI is InChI=1S/C13H25N3O/c1-9(2)10-5-6-16(7-10)8-13(15,12(14)17)11-3-4-11/h9-11H,3-8,15H2,1-2H3,(H2,14,17). The molecule has 98 valence electrons. The lowest BCUT2D eigenvalue weighted by Gasteiger charge is -2.31. The van der Waals surface area contributed by atoms with Crippen LogP contribution in [0.4, 0.5) is 0 Å². The summed E-state index contributed by atoms with van der Waals surface area (Å²) in [5, 5.41) is 0. The maximum Gasteiger partial charge on any atom is 0.239 e. The maximum atomic E-state index is 11.6. The van der Waals surface area contributed by atoms with E-state index in [-0.39, 0.29) is 5.91 Å². The Morgan fingerprint density at radius 3 is 2.47 bits per heavy atom. The van der Waals surface area contributed by atoms with Crippen molar-refractivity contribution in [2.45, 2.75) is 38.6 Å². The van der Waals surface area contributed by atoms with E-state index in [0.717, 1.165) is 31.8 Å². The molecular weight excluding hydrogens is 214 g/mol. The van der Waals surface area contributed by atoms with Crippen LogP contribution in [0.1, 0.15) is 33.1 Å². The molecule has 1 saturated carbocycles. The molecule has 4 heteroatoms. The number of hydrogen-bond acceptors (Lipinski definition) is 3. The van der Waals surface area contributed by atoms with Crippen LogP contribution in [-0.4, -0.2) is 36.0 Å². The van der Waals surface area contributed by atoms with Gasteiger partial charge in [0.1, 0.15) is 5.54 Å². The SMILES string of the molecule is CC(C)C1CCN(CC(N)(C(N)=O)C2CC2)C1. The highest BCUT2D eigenvalue weighted by atomic mass is 16.1. The van der Waals surface area contributed by atoms with E-state index in [0.29, 0.717) is 18.4 Å². The highest BCUT2D eigenvalue weighted by molar-refractivity contribution is 5.85. The van der Waals surface area contributed by atoms with Crippen molar-refractivity contribution in [3.63, 3.8) is 0 Å². The minimum Gasteiger partial charge on any atom is -0.368 e. The molecule has 17 heavy (non-hydrogen) atoms. The third-order valence-corrected chi connectivity index (χ3v) is 4.50. The molecule has 0 aromatic carbocycles. The first-order chi connectivity index (χ1) is 7.93. The Bertz CT molecular complexity index is 301. The van der Waals surface area contributed by atoms with Crippen LogP contribution in [0.5, 0.6) is 0 Å². The minimum atomic E-state index is -0.786. The van der Waals surface area contributed by atoms with E-state index in [1.165, 1.54) is 6.42 Å². The van der Waals surface area contributed by atoms with E-state index in [1.54, 1.807) is 0 Å². The summed E-state index contributed by atoms with van der Waals surface area (Å²) in [5.74, 6) is 1.44. The summed E-state index contributed by atoms with van der Waals surface area (Å²) in [7, 11) is 0. The second kappa shape index (κ2) is 4.58. The number of carbonyl (C=O) groups is 1. The number of primary amides is 1. The van der Waals surface area contributed by atoms with Crippen molar-refractivity contribution in [2.75, 3.05) is 19.6 Å². The first-order valence-electron chi connectivity index (χ1n) is 6.74. The fraction of sp³-hybridized carbons (Fsp3) is 0.923. The van der Waals surface area contributed by atoms with Crippen LogP contribution in [0, 0.1) is 17.8 Å². The Labute approximate surface area is 104 Å². The summed E-state index contributed by atoms with van der Waals surface area (Å²) < 4.78 is 0. The first-order valence-corrected chi connectivity index (χ1v) is 6.74. The highest BCUT2D eigenvalue weighted by Crippen LogP contribution is 2.39. The van der Waals surface area contributed by atoms with Gasteiger partial charge < -0.3 is 16.4 Å². The molecule has 4 N–H and O–H groups in total. The molecule has 0 radical (unpaired) electrons. The minimum absolute atomic E-state index is 0.318. The Balaban J connectivity index is 1.94. The Kier molecular flexibility index (Phi) is 3.46. The van der Waals surface area contributed by atoms with Gasteiger partial charge in [0.2, 0.25) is 5.91 Å². The van der Waals surface area contributed by atoms with Crippen molar-refractivity contribution >= 4 is 5.91 Å². The molecule has 1 saturated heterocycles. The molecule has 0 aromatic heterocycles. The Hall–Kier alpha value is -0.610. The van der Waals surface area contributed by atoms with Gasteiger partial charge in [-0.05, 0) is 43.6 Å². The van der Waals surface area contributed by atoms with Crippen molar-refractivity contribution in [3.8, 4) is 0 Å². The fourth-order valence-electron chi connectivity index (χ4n) is 2.93. The van der Waals surface area contributed by atoms with Crippen molar-refractivity contribution in [1.29, 1.82) is 0 Å². The summed E-state index contributed by atoms with van der Waals surface area (Å²) in [6.45, 7) is 7.30. The number of nitrogens with zero attached hydrogens (tertiary/aromatic N) is 1. The lowest BCUT2D eigenvalue weighted by molar-refractivity contribution is -0.124. The average Bonchev–Trinajstić information content (AvgIpc) is 3.00. The van der Waals surface area contributed by atoms with Crippen LogP contribution in [0.25, 0.3) is 0 Å². The molecule has 0 aromatic rings. The van der Waals surface area contributed by atoms with Crippen molar-refractivity contribution in [2.24, 2.45) is 29.2 Å². The molecule has 1 aliphatic carbocycles. The van der Waals surface area contributed by atoms with Crippen molar-refractivity contribution < 1.29 is 4.79 Å². The van der Waals surface area contributed by atoms with Crippen LogP contribution in [-0.2, 0) is 4.79 Å². The first kappa shape index (κ1) is 12.8. The number of nitrogens with two attached hydrogens (primary N) is 2. The molecular formula is C13H25N3O. The molecule has 2 atom stereocenters. The van der Waals surface area contributed by atoms with E-state index in [9.17, 15) is 4.79 Å². The zero-order chi connectivity index (χ0) is 12.6. The van der Waals surface area contributed by atoms with Gasteiger partial charge in [-0.25, -0.2) is 0 Å². The Morgan fingerprint density at radius 2 is 2.06 bits per heavy atom. The number of hydrogen-bond donors (Lipinski definition) is 2. The molecule has 0 bridgehead atoms. The van der Waals surface area contributed by atoms with Gasteiger partial charge in [0.25, 0.3) is 0 Å². The van der Waals surface area contributed by atoms with Gasteiger partial charge in [0, 0.05) is 13.1 Å². The van der Waals surface area contributed by atoms with Gasteiger partial charge in [-0.15, -0.1) is 0 Å². The summed E-state index contributed by atoms with van der Waals surface area (Å²) in [5.41, 5.74) is 10.9. The van der Waals surface area contributed by atoms with Crippen LogP contribution in [0.15, 0.2) is 0 Å². The van der Waals surface area contributed by atoms with Crippen molar-refractivity contribution in [3.05, 3.63) is 0 Å². The lowest BCUT2D eigenvalue weighted by Crippen LogP contribution is -2.60. The number of amides is 1. The molecule has 0 spiro atoms. The topological polar surface area (TPSA) is 72.3 Å². The maximum absolute atomic E-state index is 11.6. The van der Waals surface area contributed by atoms with E-state index in [4.69, 9.17) is 11.5 Å². The van der Waals surface area contributed by atoms with Gasteiger partial charge in [-0.2, -0.15) is 0 Å². The monoisotopic (exact) mass is 239 g/mol. The number of carbonyl (C=O) groups excluding carboxylic acids is 1. The van der Waals surface area contributed by atoms with E-state index in [2.05, 4.69) is 18.7 Å². The van der Waals surface area contributed by atoms with E-state index >= 15 is 0 Å². The van der Waals surface area contributed by atoms with Crippen LogP contribution in [0.3, 0.4) is 0 Å². The molecule has 4 nitrogen and oxygen atoms in total. The third kappa shape index (κ3) is 2.63. The summed E-state index contributed by atoms with van der Waals surface area (Å²) in [6.07, 6.45) is 3.33. The lowest BCUT2D eigenvalue weighted by atomic mass is 9.92. The van der Waals surface area contributed by atoms with Gasteiger partial charge in [0.05, 0.1) is 0 Å². The molecule has 2 unspecified atom stereocenters. The molecule has 1 heterocycles. The molecule has 2 fully saturated rings. The zero-order valence-corrected chi connectivity index (χ0v) is 11.0. The van der Waals surface area contributed by atoms with Gasteiger partial charge in [-0.3, -0.25) is 4.79 Å². The number of likely N-dealkylation sites (tertiary alicyclic amines) is 1. The Morgan fingerprint density at radius 1 is 1.41 bits per heavy atom. The molecule has 2 rings (SSSR count). The summed E-state index contributed by atoms with van der Waals surface area (Å²) in [6, 6.07) is 0. The quantitative estimate of drug-likeness (QED) is 0.736. The van der Waals surface area contributed by atoms with Gasteiger partial charge >= 0.3 is 0 Å². The predicted octanol–water partition coefficient (Wildman–Crippen LogP) is 0.557. The summed E-state index contributed by atoms with van der Waals surface area (Å²) >= 11 is 0. The number of rotatable bonds is 5. The third-order valence-electron chi connectivity index (χ3n) is 4.50. The predicted molar refractivity (Wildman–Crippen MR) is 68.2 cm³/mol. The fourth-order valence-corrected chi connectivity index (χ4v) is 2.93. The van der Waals surface area contributed by atoms with Crippen molar-refractivity contribution in [1.82, 2.24) is 4.90 Å². The van der Waals surface area contributed by atoms with Crippen LogP contribution in [0.2, 0.25) is 0 Å². The normalized spacial score (nSPS) is 29.5. The van der Waals surface area contributed by atoms with E-state index in [1.807, 2.05) is 0 Å². The largest absolute Gasteiger partial charge is 0.368 e.